The summed E-state index contributed by atoms with van der Waals surface area (Å²) >= 11 is 0. The van der Waals surface area contributed by atoms with Gasteiger partial charge in [0.25, 0.3) is 0 Å². The Kier molecular flexibility index (Phi) is 11.8. The van der Waals surface area contributed by atoms with E-state index in [1.807, 2.05) is 0 Å². The molecule has 0 aromatic rings. The molecule has 1 fully saturated rings. The summed E-state index contributed by atoms with van der Waals surface area (Å²) in [6.07, 6.45) is 6.37. The van der Waals surface area contributed by atoms with Gasteiger partial charge in [-0.1, -0.05) is 64.7 Å². The van der Waals surface area contributed by atoms with Crippen LogP contribution in [0.5, 0.6) is 0 Å². The van der Waals surface area contributed by atoms with Gasteiger partial charge in [-0.3, -0.25) is 0 Å². The molecule has 6 heteroatoms. The van der Waals surface area contributed by atoms with Gasteiger partial charge < -0.3 is 29.9 Å². The van der Waals surface area contributed by atoms with Crippen LogP contribution in [0, 0.1) is 0 Å². The van der Waals surface area contributed by atoms with E-state index in [0.29, 0.717) is 6.61 Å². The highest BCUT2D eigenvalue weighted by atomic mass is 16.7. The summed E-state index contributed by atoms with van der Waals surface area (Å²) in [7, 11) is 0. The highest BCUT2D eigenvalue weighted by molar-refractivity contribution is 4.88. The number of ether oxygens (including phenoxy) is 2. The second-order valence-corrected chi connectivity index (χ2v) is 6.75. The van der Waals surface area contributed by atoms with Crippen LogP contribution in [0.4, 0.5) is 0 Å². The van der Waals surface area contributed by atoms with E-state index in [0.717, 1.165) is 12.8 Å². The van der Waals surface area contributed by atoms with E-state index in [4.69, 9.17) is 14.6 Å². The molecule has 4 N–H and O–H groups in total. The molecule has 24 heavy (non-hydrogen) atoms. The lowest BCUT2D eigenvalue weighted by Crippen LogP contribution is -2.59. The maximum Gasteiger partial charge on any atom is 0.186 e. The second-order valence-electron chi connectivity index (χ2n) is 6.75. The first-order valence-corrected chi connectivity index (χ1v) is 9.54. The maximum absolute atomic E-state index is 9.84. The zero-order valence-corrected chi connectivity index (χ0v) is 15.0. The van der Waals surface area contributed by atoms with Crippen molar-refractivity contribution in [1.29, 1.82) is 0 Å². The third-order valence-corrected chi connectivity index (χ3v) is 4.63. The molecule has 1 aliphatic heterocycles. The number of hydrogen-bond acceptors (Lipinski definition) is 6. The van der Waals surface area contributed by atoms with Gasteiger partial charge in [0.15, 0.2) is 6.29 Å². The predicted octanol–water partition coefficient (Wildman–Crippen LogP) is 1.72. The molecule has 1 heterocycles. The number of unbranched alkanes of at least 4 members (excludes halogenated alkanes) is 9. The lowest BCUT2D eigenvalue weighted by atomic mass is 9.99. The van der Waals surface area contributed by atoms with Crippen molar-refractivity contribution in [3.63, 3.8) is 0 Å². The molecule has 0 amide bonds. The second kappa shape index (κ2) is 13.0. The molecule has 0 aromatic carbocycles. The lowest BCUT2D eigenvalue weighted by Gasteiger charge is -2.39. The van der Waals surface area contributed by atoms with Gasteiger partial charge in [0.05, 0.1) is 6.61 Å². The maximum atomic E-state index is 9.84. The van der Waals surface area contributed by atoms with E-state index >= 15 is 0 Å². The van der Waals surface area contributed by atoms with Gasteiger partial charge in [0, 0.05) is 6.61 Å². The smallest absolute Gasteiger partial charge is 0.186 e. The molecule has 1 aliphatic rings. The Morgan fingerprint density at radius 1 is 0.750 bits per heavy atom. The lowest BCUT2D eigenvalue weighted by molar-refractivity contribution is -0.301. The van der Waals surface area contributed by atoms with Crippen molar-refractivity contribution < 1.29 is 29.9 Å². The summed E-state index contributed by atoms with van der Waals surface area (Å²) < 4.78 is 10.8. The van der Waals surface area contributed by atoms with E-state index in [9.17, 15) is 15.3 Å². The molecular formula is C18H36O6. The fourth-order valence-electron chi connectivity index (χ4n) is 2.99. The van der Waals surface area contributed by atoms with Gasteiger partial charge in [0.2, 0.25) is 0 Å². The summed E-state index contributed by atoms with van der Waals surface area (Å²) in [5.74, 6) is 0. The minimum absolute atomic E-state index is 0.428. The van der Waals surface area contributed by atoms with Gasteiger partial charge in [-0.05, 0) is 6.42 Å². The third-order valence-electron chi connectivity index (χ3n) is 4.63. The summed E-state index contributed by atoms with van der Waals surface area (Å²) in [5.41, 5.74) is 0. The Morgan fingerprint density at radius 2 is 1.29 bits per heavy atom. The molecule has 0 unspecified atom stereocenters. The molecule has 0 saturated carbocycles. The highest BCUT2D eigenvalue weighted by Crippen LogP contribution is 2.22. The van der Waals surface area contributed by atoms with Crippen molar-refractivity contribution in [1.82, 2.24) is 0 Å². The fraction of sp³-hybridized carbons (Fsp3) is 1.00. The van der Waals surface area contributed by atoms with Crippen LogP contribution in [0.1, 0.15) is 71.1 Å². The van der Waals surface area contributed by atoms with Crippen molar-refractivity contribution in [2.24, 2.45) is 0 Å². The molecule has 0 spiro atoms. The average Bonchev–Trinajstić information content (AvgIpc) is 2.59. The van der Waals surface area contributed by atoms with Gasteiger partial charge in [-0.25, -0.2) is 0 Å². The van der Waals surface area contributed by atoms with Crippen LogP contribution in [-0.4, -0.2) is 64.3 Å². The van der Waals surface area contributed by atoms with Crippen LogP contribution in [0.3, 0.4) is 0 Å². The van der Waals surface area contributed by atoms with E-state index in [1.54, 1.807) is 0 Å². The zero-order chi connectivity index (χ0) is 17.8. The average molecular weight is 348 g/mol. The van der Waals surface area contributed by atoms with Crippen LogP contribution in [-0.2, 0) is 9.47 Å². The van der Waals surface area contributed by atoms with Crippen molar-refractivity contribution in [3.05, 3.63) is 0 Å². The molecular weight excluding hydrogens is 312 g/mol. The molecule has 1 rings (SSSR count). The van der Waals surface area contributed by atoms with Crippen molar-refractivity contribution in [2.75, 3.05) is 13.2 Å². The molecule has 0 bridgehead atoms. The van der Waals surface area contributed by atoms with Crippen molar-refractivity contribution in [3.8, 4) is 0 Å². The standard InChI is InChI=1S/C18H36O6/c1-2-3-4-5-6-7-8-9-10-11-12-23-18-17(22)16(21)15(20)14(13-19)24-18/h14-22H,2-13H2,1H3/t14-,15+,16+,17+,18-/m0/s1. The molecule has 6 nitrogen and oxygen atoms in total. The first kappa shape index (κ1) is 21.8. The molecule has 144 valence electrons. The number of hydrogen-bond donors (Lipinski definition) is 4. The number of aliphatic hydroxyl groups is 4. The molecule has 0 radical (unpaired) electrons. The topological polar surface area (TPSA) is 99.4 Å². The normalized spacial score (nSPS) is 30.6. The number of aliphatic hydroxyl groups excluding tert-OH is 4. The predicted molar refractivity (Wildman–Crippen MR) is 91.6 cm³/mol. The first-order chi connectivity index (χ1) is 11.6. The SMILES string of the molecule is CCCCCCCCCCCCO[C@H]1O[C@@H](CO)[C@@H](O)[C@@H](O)[C@H]1O. The minimum atomic E-state index is -1.37. The van der Waals surface area contributed by atoms with Crippen LogP contribution >= 0.6 is 0 Å². The van der Waals surface area contributed by atoms with E-state index in [2.05, 4.69) is 6.92 Å². The van der Waals surface area contributed by atoms with E-state index in [-0.39, 0.29) is 0 Å². The fourth-order valence-corrected chi connectivity index (χ4v) is 2.99. The molecule has 0 aliphatic carbocycles. The molecule has 5 atom stereocenters. The zero-order valence-electron chi connectivity index (χ0n) is 15.0. The quantitative estimate of drug-likeness (QED) is 0.378. The van der Waals surface area contributed by atoms with E-state index in [1.165, 1.54) is 51.4 Å². The summed E-state index contributed by atoms with van der Waals surface area (Å²) in [6.45, 7) is 2.23. The van der Waals surface area contributed by atoms with Gasteiger partial charge >= 0.3 is 0 Å². The van der Waals surface area contributed by atoms with Crippen LogP contribution in [0.2, 0.25) is 0 Å². The monoisotopic (exact) mass is 348 g/mol. The van der Waals surface area contributed by atoms with Gasteiger partial charge in [-0.15, -0.1) is 0 Å². The Bertz CT molecular complexity index is 299. The van der Waals surface area contributed by atoms with Gasteiger partial charge in [-0.2, -0.15) is 0 Å². The Hall–Kier alpha value is -0.240. The Labute approximate surface area is 145 Å². The minimum Gasteiger partial charge on any atom is -0.394 e. The van der Waals surface area contributed by atoms with Crippen LogP contribution < -0.4 is 0 Å². The number of rotatable bonds is 13. The largest absolute Gasteiger partial charge is 0.394 e. The highest BCUT2D eigenvalue weighted by Gasteiger charge is 2.43. The van der Waals surface area contributed by atoms with E-state index < -0.39 is 37.3 Å². The summed E-state index contributed by atoms with van der Waals surface area (Å²) in [5, 5.41) is 38.3. The summed E-state index contributed by atoms with van der Waals surface area (Å²) in [4.78, 5) is 0. The first-order valence-electron chi connectivity index (χ1n) is 9.54. The van der Waals surface area contributed by atoms with Crippen molar-refractivity contribution in [2.45, 2.75) is 102 Å². The van der Waals surface area contributed by atoms with Crippen LogP contribution in [0.15, 0.2) is 0 Å². The van der Waals surface area contributed by atoms with Gasteiger partial charge in [0.1, 0.15) is 24.4 Å². The Balaban J connectivity index is 2.02. The van der Waals surface area contributed by atoms with Crippen LogP contribution in [0.25, 0.3) is 0 Å². The van der Waals surface area contributed by atoms with Crippen molar-refractivity contribution >= 4 is 0 Å². The Morgan fingerprint density at radius 3 is 1.83 bits per heavy atom. The molecule has 1 saturated heterocycles. The third kappa shape index (κ3) is 7.76. The summed E-state index contributed by atoms with van der Waals surface area (Å²) in [6, 6.07) is 0. The molecule has 0 aromatic heterocycles.